The number of aliphatic carboxylic acids is 1. The number of carbonyl (C=O) groups is 1. The van der Waals surface area contributed by atoms with Gasteiger partial charge in [0.1, 0.15) is 0 Å². The number of hydrogen-bond acceptors (Lipinski definition) is 1. The Morgan fingerprint density at radius 3 is 2.41 bits per heavy atom. The first kappa shape index (κ1) is 14.6. The summed E-state index contributed by atoms with van der Waals surface area (Å²) in [4.78, 5) is 10.4. The third kappa shape index (κ3) is 3.26. The fourth-order valence-corrected chi connectivity index (χ4v) is 2.51. The van der Waals surface area contributed by atoms with Gasteiger partial charge >= 0.3 is 5.97 Å². The Bertz CT molecular complexity index is 500. The summed E-state index contributed by atoms with van der Waals surface area (Å²) in [6.45, 7) is 0. The molecule has 1 rings (SSSR count). The molecule has 0 aromatic heterocycles. The molecule has 7 heteroatoms. The molecule has 0 saturated carbocycles. The van der Waals surface area contributed by atoms with Crippen LogP contribution in [0.4, 0.5) is 4.39 Å². The van der Waals surface area contributed by atoms with Crippen LogP contribution in [0.2, 0.25) is 15.1 Å². The maximum Gasteiger partial charge on any atom is 0.364 e. The van der Waals surface area contributed by atoms with Crippen LogP contribution >= 0.6 is 46.4 Å². The molecule has 0 unspecified atom stereocenters. The standard InChI is InChI=1S/C10H5Cl4FO2/c11-3-5-7(13)2-6(12)4(9(5)14)1-8(15)10(16)17/h1-2H,3H2,(H,16,17). The van der Waals surface area contributed by atoms with Crippen molar-refractivity contribution in [2.45, 2.75) is 5.88 Å². The number of alkyl halides is 1. The molecule has 17 heavy (non-hydrogen) atoms. The fraction of sp³-hybridized carbons (Fsp3) is 0.100. The smallest absolute Gasteiger partial charge is 0.364 e. The highest BCUT2D eigenvalue weighted by molar-refractivity contribution is 6.41. The molecular weight excluding hydrogens is 313 g/mol. The molecular formula is C10H5Cl4FO2. The highest BCUT2D eigenvalue weighted by atomic mass is 35.5. The second kappa shape index (κ2) is 5.91. The van der Waals surface area contributed by atoms with Crippen LogP contribution in [0.25, 0.3) is 6.08 Å². The monoisotopic (exact) mass is 316 g/mol. The molecule has 1 aromatic carbocycles. The van der Waals surface area contributed by atoms with Crippen LogP contribution in [0, 0.1) is 0 Å². The molecule has 0 bridgehead atoms. The third-order valence-corrected chi connectivity index (χ3v) is 3.26. The molecule has 0 aliphatic rings. The van der Waals surface area contributed by atoms with Crippen LogP contribution in [0.1, 0.15) is 11.1 Å². The van der Waals surface area contributed by atoms with Gasteiger partial charge in [0.2, 0.25) is 5.83 Å². The number of halogens is 5. The minimum Gasteiger partial charge on any atom is -0.476 e. The second-order valence-electron chi connectivity index (χ2n) is 2.98. The van der Waals surface area contributed by atoms with E-state index >= 15 is 0 Å². The van der Waals surface area contributed by atoms with Crippen molar-refractivity contribution in [1.82, 2.24) is 0 Å². The van der Waals surface area contributed by atoms with Gasteiger partial charge in [-0.3, -0.25) is 0 Å². The molecule has 0 atom stereocenters. The van der Waals surface area contributed by atoms with Gasteiger partial charge in [0.15, 0.2) is 0 Å². The molecule has 0 spiro atoms. The number of carboxylic acid groups (broad SMARTS) is 1. The summed E-state index contributed by atoms with van der Waals surface area (Å²) in [7, 11) is 0. The predicted octanol–water partition coefficient (Wildman–Crippen LogP) is 4.78. The van der Waals surface area contributed by atoms with Crippen LogP contribution in [0.3, 0.4) is 0 Å². The first-order valence-electron chi connectivity index (χ1n) is 4.21. The SMILES string of the molecule is O=C(O)C(F)=Cc1c(Cl)cc(Cl)c(CCl)c1Cl. The summed E-state index contributed by atoms with van der Waals surface area (Å²) in [5.41, 5.74) is 0.400. The van der Waals surface area contributed by atoms with Gasteiger partial charge in [0.05, 0.1) is 15.9 Å². The number of carboxylic acids is 1. The molecule has 0 saturated heterocycles. The van der Waals surface area contributed by atoms with E-state index in [1.165, 1.54) is 6.07 Å². The zero-order valence-electron chi connectivity index (χ0n) is 8.11. The van der Waals surface area contributed by atoms with Crippen LogP contribution in [-0.4, -0.2) is 11.1 Å². The largest absolute Gasteiger partial charge is 0.476 e. The van der Waals surface area contributed by atoms with Gasteiger partial charge in [-0.2, -0.15) is 4.39 Å². The Kier molecular flexibility index (Phi) is 5.07. The van der Waals surface area contributed by atoms with E-state index < -0.39 is 11.8 Å². The molecule has 2 nitrogen and oxygen atoms in total. The highest BCUT2D eigenvalue weighted by Crippen LogP contribution is 2.36. The van der Waals surface area contributed by atoms with Gasteiger partial charge in [0.25, 0.3) is 0 Å². The summed E-state index contributed by atoms with van der Waals surface area (Å²) in [6, 6.07) is 1.33. The number of hydrogen-bond donors (Lipinski definition) is 1. The van der Waals surface area contributed by atoms with E-state index in [-0.39, 0.29) is 26.5 Å². The van der Waals surface area contributed by atoms with E-state index in [4.69, 9.17) is 51.5 Å². The van der Waals surface area contributed by atoms with Gasteiger partial charge < -0.3 is 5.11 Å². The van der Waals surface area contributed by atoms with Gasteiger partial charge in [-0.25, -0.2) is 4.79 Å². The van der Waals surface area contributed by atoms with Gasteiger partial charge in [0, 0.05) is 16.1 Å². The van der Waals surface area contributed by atoms with Crippen LogP contribution < -0.4 is 0 Å². The van der Waals surface area contributed by atoms with Crippen LogP contribution in [0.5, 0.6) is 0 Å². The molecule has 0 fully saturated rings. The molecule has 92 valence electrons. The van der Waals surface area contributed by atoms with E-state index in [2.05, 4.69) is 0 Å². The Labute approximate surface area is 117 Å². The topological polar surface area (TPSA) is 37.3 Å². The summed E-state index contributed by atoms with van der Waals surface area (Å²) >= 11 is 23.1. The lowest BCUT2D eigenvalue weighted by molar-refractivity contribution is -0.134. The first-order chi connectivity index (χ1) is 7.88. The molecule has 0 aliphatic carbocycles. The number of rotatable bonds is 3. The molecule has 0 aliphatic heterocycles. The van der Waals surface area contributed by atoms with Crippen molar-refractivity contribution < 1.29 is 14.3 Å². The minimum absolute atomic E-state index is 0.00433. The zero-order valence-corrected chi connectivity index (χ0v) is 11.1. The van der Waals surface area contributed by atoms with Crippen molar-refractivity contribution in [2.75, 3.05) is 0 Å². The van der Waals surface area contributed by atoms with E-state index in [0.29, 0.717) is 5.56 Å². The molecule has 0 amide bonds. The van der Waals surface area contributed by atoms with Gasteiger partial charge in [-0.1, -0.05) is 34.8 Å². The van der Waals surface area contributed by atoms with Crippen molar-refractivity contribution in [1.29, 1.82) is 0 Å². The normalized spacial score (nSPS) is 11.7. The van der Waals surface area contributed by atoms with Crippen molar-refractivity contribution >= 4 is 58.4 Å². The van der Waals surface area contributed by atoms with E-state index in [0.717, 1.165) is 6.08 Å². The highest BCUT2D eigenvalue weighted by Gasteiger charge is 2.15. The van der Waals surface area contributed by atoms with Gasteiger partial charge in [-0.05, 0) is 12.1 Å². The quantitative estimate of drug-likeness (QED) is 0.643. The van der Waals surface area contributed by atoms with E-state index in [9.17, 15) is 9.18 Å². The van der Waals surface area contributed by atoms with Crippen LogP contribution in [0.15, 0.2) is 11.9 Å². The Morgan fingerprint density at radius 1 is 1.35 bits per heavy atom. The van der Waals surface area contributed by atoms with Crippen molar-refractivity contribution in [3.05, 3.63) is 38.1 Å². The van der Waals surface area contributed by atoms with E-state index in [1.807, 2.05) is 0 Å². The molecule has 1 aromatic rings. The lowest BCUT2D eigenvalue weighted by atomic mass is 10.1. The minimum atomic E-state index is -1.71. The third-order valence-electron chi connectivity index (χ3n) is 1.91. The molecule has 0 radical (unpaired) electrons. The summed E-state index contributed by atoms with van der Waals surface area (Å²) in [6.07, 6.45) is 0.722. The van der Waals surface area contributed by atoms with Crippen molar-refractivity contribution in [3.63, 3.8) is 0 Å². The summed E-state index contributed by atoms with van der Waals surface area (Å²) < 4.78 is 13.0. The average molecular weight is 318 g/mol. The van der Waals surface area contributed by atoms with Crippen LogP contribution in [-0.2, 0) is 10.7 Å². The predicted molar refractivity (Wildman–Crippen MR) is 67.7 cm³/mol. The Hall–Kier alpha value is -0.480. The summed E-state index contributed by atoms with van der Waals surface area (Å²) in [5.74, 6) is -3.08. The molecule has 1 N–H and O–H groups in total. The lowest BCUT2D eigenvalue weighted by Crippen LogP contribution is -1.96. The van der Waals surface area contributed by atoms with Crippen molar-refractivity contribution in [3.8, 4) is 0 Å². The first-order valence-corrected chi connectivity index (χ1v) is 5.88. The maximum absolute atomic E-state index is 13.0. The maximum atomic E-state index is 13.0. The summed E-state index contributed by atoms with van der Waals surface area (Å²) in [5, 5.41) is 8.75. The molecule has 0 heterocycles. The number of benzene rings is 1. The Morgan fingerprint density at radius 2 is 1.94 bits per heavy atom. The fourth-order valence-electron chi connectivity index (χ4n) is 1.09. The zero-order chi connectivity index (χ0) is 13.2. The van der Waals surface area contributed by atoms with Crippen molar-refractivity contribution in [2.24, 2.45) is 0 Å². The van der Waals surface area contributed by atoms with Gasteiger partial charge in [-0.15, -0.1) is 11.6 Å². The second-order valence-corrected chi connectivity index (χ2v) is 4.44. The Balaban J connectivity index is 3.44. The lowest BCUT2D eigenvalue weighted by Gasteiger charge is -2.09. The van der Waals surface area contributed by atoms with E-state index in [1.54, 1.807) is 0 Å². The average Bonchev–Trinajstić information content (AvgIpc) is 2.24.